The molecule has 1 unspecified atom stereocenters. The van der Waals surface area contributed by atoms with E-state index in [-0.39, 0.29) is 29.1 Å². The Morgan fingerprint density at radius 2 is 1.94 bits per heavy atom. The van der Waals surface area contributed by atoms with E-state index in [1.807, 2.05) is 78.3 Å². The number of nitrogens with one attached hydrogen (secondary N) is 1. The summed E-state index contributed by atoms with van der Waals surface area (Å²) in [6.07, 6.45) is 0.533. The number of rotatable bonds is 5. The Balaban J connectivity index is 1.60. The highest BCUT2D eigenvalue weighted by Crippen LogP contribution is 2.33. The number of fused-ring (bicyclic) bond motifs is 1. The number of thiophene rings is 1. The Kier molecular flexibility index (Phi) is 5.65. The first-order valence-corrected chi connectivity index (χ1v) is 13.6. The van der Waals surface area contributed by atoms with Crippen LogP contribution in [0.1, 0.15) is 28.8 Å². The van der Waals surface area contributed by atoms with Crippen LogP contribution in [0.25, 0.3) is 21.6 Å². The highest BCUT2D eigenvalue weighted by Gasteiger charge is 2.32. The molecule has 0 bridgehead atoms. The normalized spacial score (nSPS) is 17.2. The van der Waals surface area contributed by atoms with E-state index in [1.54, 1.807) is 0 Å². The van der Waals surface area contributed by atoms with Crippen molar-refractivity contribution in [1.82, 2.24) is 14.5 Å². The number of nitrogens with zero attached hydrogens (tertiary/aromatic N) is 4. The molecule has 4 aromatic rings. The van der Waals surface area contributed by atoms with E-state index in [4.69, 9.17) is 4.98 Å². The van der Waals surface area contributed by atoms with Crippen molar-refractivity contribution >= 4 is 49.5 Å². The van der Waals surface area contributed by atoms with Crippen LogP contribution in [0.4, 0.5) is 11.4 Å². The zero-order valence-corrected chi connectivity index (χ0v) is 20.8. The van der Waals surface area contributed by atoms with Gasteiger partial charge < -0.3 is 14.8 Å². The lowest BCUT2D eigenvalue weighted by Crippen LogP contribution is -2.16. The molecule has 34 heavy (non-hydrogen) atoms. The summed E-state index contributed by atoms with van der Waals surface area (Å²) >= 11 is 1.53. The van der Waals surface area contributed by atoms with Crippen molar-refractivity contribution in [2.45, 2.75) is 19.4 Å². The number of sulfone groups is 1. The molecule has 1 atom stereocenters. The van der Waals surface area contributed by atoms with Crippen molar-refractivity contribution in [3.05, 3.63) is 59.4 Å². The number of hydrogen-bond donors (Lipinski definition) is 1. The standard InChI is InChI=1S/C24H25N5O3S2/c1-15-25-22-20(29(15)18-10-12-34(31,32)14-18)13-19(21-5-4-11-33-21)27-23(22)24(30)26-16-6-8-17(9-7-16)28(2)3/h4-9,11,13,18H,10,12,14H2,1-3H3,(H,26,30). The van der Waals surface area contributed by atoms with Gasteiger partial charge in [0.15, 0.2) is 15.5 Å². The zero-order chi connectivity index (χ0) is 24.0. The monoisotopic (exact) mass is 495 g/mol. The van der Waals surface area contributed by atoms with Crippen molar-refractivity contribution in [3.63, 3.8) is 0 Å². The van der Waals surface area contributed by atoms with Crippen molar-refractivity contribution in [3.8, 4) is 10.6 Å². The predicted molar refractivity (Wildman–Crippen MR) is 137 cm³/mol. The van der Waals surface area contributed by atoms with Crippen LogP contribution in [0.5, 0.6) is 0 Å². The predicted octanol–water partition coefficient (Wildman–Crippen LogP) is 4.15. The topological polar surface area (TPSA) is 97.2 Å². The van der Waals surface area contributed by atoms with Gasteiger partial charge >= 0.3 is 0 Å². The third kappa shape index (κ3) is 4.19. The number of benzene rings is 1. The summed E-state index contributed by atoms with van der Waals surface area (Å²) in [5, 5.41) is 4.90. The molecule has 3 aromatic heterocycles. The fraction of sp³-hybridized carbons (Fsp3) is 0.292. The van der Waals surface area contributed by atoms with Gasteiger partial charge in [0.1, 0.15) is 11.3 Å². The SMILES string of the molecule is Cc1nc2c(C(=O)Nc3ccc(N(C)C)cc3)nc(-c3cccs3)cc2n1C1CCS(=O)(=O)C1. The van der Waals surface area contributed by atoms with Crippen LogP contribution >= 0.6 is 11.3 Å². The molecule has 4 heterocycles. The number of carbonyl (C=O) groups is 1. The number of pyridine rings is 1. The van der Waals surface area contributed by atoms with Gasteiger partial charge in [0.2, 0.25) is 0 Å². The quantitative estimate of drug-likeness (QED) is 0.447. The first-order valence-electron chi connectivity index (χ1n) is 10.9. The smallest absolute Gasteiger partial charge is 0.276 e. The first kappa shape index (κ1) is 22.5. The van der Waals surface area contributed by atoms with Gasteiger partial charge in [-0.15, -0.1) is 11.3 Å². The third-order valence-electron chi connectivity index (χ3n) is 6.06. The summed E-state index contributed by atoms with van der Waals surface area (Å²) in [5.74, 6) is 0.558. The van der Waals surface area contributed by atoms with Crippen LogP contribution in [-0.2, 0) is 9.84 Å². The van der Waals surface area contributed by atoms with E-state index in [9.17, 15) is 13.2 Å². The number of anilines is 2. The molecule has 1 aliphatic rings. The van der Waals surface area contributed by atoms with E-state index in [0.717, 1.165) is 16.1 Å². The summed E-state index contributed by atoms with van der Waals surface area (Å²) in [4.78, 5) is 25.7. The van der Waals surface area contributed by atoms with Gasteiger partial charge in [-0.2, -0.15) is 0 Å². The molecule has 0 saturated carbocycles. The van der Waals surface area contributed by atoms with Gasteiger partial charge in [-0.1, -0.05) is 6.07 Å². The lowest BCUT2D eigenvalue weighted by Gasteiger charge is -2.15. The van der Waals surface area contributed by atoms with Crippen LogP contribution in [0, 0.1) is 6.92 Å². The van der Waals surface area contributed by atoms with Gasteiger partial charge in [-0.25, -0.2) is 18.4 Å². The minimum absolute atomic E-state index is 0.0791. The molecule has 1 aromatic carbocycles. The van der Waals surface area contributed by atoms with Crippen molar-refractivity contribution in [1.29, 1.82) is 0 Å². The summed E-state index contributed by atoms with van der Waals surface area (Å²) < 4.78 is 26.3. The van der Waals surface area contributed by atoms with E-state index >= 15 is 0 Å². The highest BCUT2D eigenvalue weighted by atomic mass is 32.2. The minimum Gasteiger partial charge on any atom is -0.378 e. The second kappa shape index (κ2) is 8.52. The highest BCUT2D eigenvalue weighted by molar-refractivity contribution is 7.91. The molecule has 0 spiro atoms. The lowest BCUT2D eigenvalue weighted by atomic mass is 10.2. The third-order valence-corrected chi connectivity index (χ3v) is 8.70. The molecule has 1 fully saturated rings. The molecule has 1 N–H and O–H groups in total. The molecule has 5 rings (SSSR count). The Morgan fingerprint density at radius 3 is 2.56 bits per heavy atom. The number of amides is 1. The summed E-state index contributed by atoms with van der Waals surface area (Å²) in [6.45, 7) is 1.84. The lowest BCUT2D eigenvalue weighted by molar-refractivity contribution is 0.102. The molecule has 176 valence electrons. The zero-order valence-electron chi connectivity index (χ0n) is 19.1. The van der Waals surface area contributed by atoms with Crippen molar-refractivity contribution in [2.75, 3.05) is 35.8 Å². The molecule has 1 saturated heterocycles. The van der Waals surface area contributed by atoms with Crippen molar-refractivity contribution in [2.24, 2.45) is 0 Å². The van der Waals surface area contributed by atoms with E-state index in [1.165, 1.54) is 11.3 Å². The first-order chi connectivity index (χ1) is 16.2. The molecule has 8 nitrogen and oxygen atoms in total. The average molecular weight is 496 g/mol. The molecule has 1 amide bonds. The summed E-state index contributed by atoms with van der Waals surface area (Å²) in [6, 6.07) is 13.2. The average Bonchev–Trinajstić information content (AvgIpc) is 3.51. The van der Waals surface area contributed by atoms with Crippen LogP contribution in [-0.4, -0.2) is 54.5 Å². The molecule has 0 aliphatic carbocycles. The molecule has 1 aliphatic heterocycles. The van der Waals surface area contributed by atoms with Gasteiger partial charge in [0, 0.05) is 25.5 Å². The van der Waals surface area contributed by atoms with E-state index < -0.39 is 9.84 Å². The maximum absolute atomic E-state index is 13.4. The molecule has 10 heteroatoms. The van der Waals surface area contributed by atoms with Crippen LogP contribution < -0.4 is 10.2 Å². The Hall–Kier alpha value is -3.24. The Morgan fingerprint density at radius 1 is 1.18 bits per heavy atom. The Bertz CT molecular complexity index is 1470. The van der Waals surface area contributed by atoms with Gasteiger partial charge in [0.25, 0.3) is 5.91 Å². The van der Waals surface area contributed by atoms with Crippen LogP contribution in [0.2, 0.25) is 0 Å². The maximum atomic E-state index is 13.4. The number of aryl methyl sites for hydroxylation is 1. The summed E-state index contributed by atoms with van der Waals surface area (Å²) in [7, 11) is 0.832. The van der Waals surface area contributed by atoms with Crippen molar-refractivity contribution < 1.29 is 13.2 Å². The van der Waals surface area contributed by atoms with Gasteiger partial charge in [-0.3, -0.25) is 4.79 Å². The minimum atomic E-state index is -3.08. The largest absolute Gasteiger partial charge is 0.378 e. The van der Waals surface area contributed by atoms with Crippen LogP contribution in [0.3, 0.4) is 0 Å². The number of aromatic nitrogens is 3. The number of hydrogen-bond acceptors (Lipinski definition) is 7. The number of carbonyl (C=O) groups excluding carboxylic acids is 1. The number of imidazole rings is 1. The fourth-order valence-electron chi connectivity index (χ4n) is 4.39. The molecule has 0 radical (unpaired) electrons. The van der Waals surface area contributed by atoms with Gasteiger partial charge in [-0.05, 0) is 55.1 Å². The van der Waals surface area contributed by atoms with E-state index in [0.29, 0.717) is 29.1 Å². The molecular weight excluding hydrogens is 470 g/mol. The van der Waals surface area contributed by atoms with Gasteiger partial charge in [0.05, 0.1) is 33.6 Å². The molecular formula is C24H25N5O3S2. The fourth-order valence-corrected chi connectivity index (χ4v) is 6.78. The summed E-state index contributed by atoms with van der Waals surface area (Å²) in [5.41, 5.74) is 3.78. The Labute approximate surface area is 202 Å². The second-order valence-electron chi connectivity index (χ2n) is 8.68. The maximum Gasteiger partial charge on any atom is 0.276 e. The van der Waals surface area contributed by atoms with E-state index in [2.05, 4.69) is 10.3 Å². The van der Waals surface area contributed by atoms with Crippen LogP contribution in [0.15, 0.2) is 47.8 Å². The second-order valence-corrected chi connectivity index (χ2v) is 11.9.